The lowest BCUT2D eigenvalue weighted by molar-refractivity contribution is -0.123. The average molecular weight is 279 g/mol. The van der Waals surface area contributed by atoms with E-state index in [4.69, 9.17) is 4.74 Å². The van der Waals surface area contributed by atoms with Gasteiger partial charge in [-0.1, -0.05) is 18.2 Å². The van der Waals surface area contributed by atoms with Crippen LogP contribution in [-0.4, -0.2) is 12.5 Å². The number of benzene rings is 1. The molecular weight excluding hydrogens is 265 g/mol. The van der Waals surface area contributed by atoms with Crippen molar-refractivity contribution in [1.29, 1.82) is 0 Å². The number of carbonyl (C=O) groups excluding carboxylic acids is 1. The molecule has 1 atom stereocenters. The van der Waals surface area contributed by atoms with Crippen LogP contribution in [0.1, 0.15) is 17.8 Å². The maximum absolute atomic E-state index is 13.3. The van der Waals surface area contributed by atoms with Gasteiger partial charge < -0.3 is 10.1 Å². The molecule has 1 aromatic carbocycles. The Morgan fingerprint density at radius 3 is 2.84 bits per heavy atom. The van der Waals surface area contributed by atoms with Crippen LogP contribution in [0.3, 0.4) is 0 Å². The topological polar surface area (TPSA) is 38.3 Å². The summed E-state index contributed by atoms with van der Waals surface area (Å²) in [6.07, 6.45) is 0. The van der Waals surface area contributed by atoms with E-state index in [9.17, 15) is 9.18 Å². The molecule has 0 spiro atoms. The summed E-state index contributed by atoms with van der Waals surface area (Å²) in [6, 6.07) is 9.82. The number of hydrogen-bond donors (Lipinski definition) is 1. The molecular formula is C14H14FNO2S. The summed E-state index contributed by atoms with van der Waals surface area (Å²) in [5.41, 5.74) is 0. The molecule has 2 aromatic rings. The van der Waals surface area contributed by atoms with Crippen LogP contribution in [0.2, 0.25) is 0 Å². The number of amides is 1. The number of nitrogens with one attached hydrogen (secondary N) is 1. The Kier molecular flexibility index (Phi) is 4.52. The number of para-hydroxylation sites is 1. The third kappa shape index (κ3) is 3.79. The number of ether oxygens (including phenoxy) is 1. The molecule has 19 heavy (non-hydrogen) atoms. The molecule has 0 unspecified atom stereocenters. The SMILES string of the molecule is C[C@@H](NC(=O)COc1ccccc1F)c1cccs1. The van der Waals surface area contributed by atoms with Crippen molar-refractivity contribution in [2.75, 3.05) is 6.61 Å². The second kappa shape index (κ2) is 6.33. The molecule has 0 saturated heterocycles. The van der Waals surface area contributed by atoms with Gasteiger partial charge in [-0.2, -0.15) is 0 Å². The highest BCUT2D eigenvalue weighted by Crippen LogP contribution is 2.18. The van der Waals surface area contributed by atoms with Crippen molar-refractivity contribution in [1.82, 2.24) is 5.32 Å². The number of halogens is 1. The minimum Gasteiger partial charge on any atom is -0.481 e. The lowest BCUT2D eigenvalue weighted by Crippen LogP contribution is -2.31. The molecule has 1 N–H and O–H groups in total. The molecule has 0 saturated carbocycles. The monoisotopic (exact) mass is 279 g/mol. The normalized spacial score (nSPS) is 11.9. The first-order valence-corrected chi connectivity index (χ1v) is 6.75. The van der Waals surface area contributed by atoms with E-state index in [0.29, 0.717) is 0 Å². The predicted octanol–water partition coefficient (Wildman–Crippen LogP) is 3.14. The maximum Gasteiger partial charge on any atom is 0.258 e. The van der Waals surface area contributed by atoms with E-state index in [2.05, 4.69) is 5.32 Å². The van der Waals surface area contributed by atoms with Gasteiger partial charge >= 0.3 is 0 Å². The summed E-state index contributed by atoms with van der Waals surface area (Å²) in [4.78, 5) is 12.7. The smallest absolute Gasteiger partial charge is 0.258 e. The highest BCUT2D eigenvalue weighted by molar-refractivity contribution is 7.10. The molecule has 0 bridgehead atoms. The summed E-state index contributed by atoms with van der Waals surface area (Å²) in [7, 11) is 0. The molecule has 5 heteroatoms. The summed E-state index contributed by atoms with van der Waals surface area (Å²) >= 11 is 1.57. The van der Waals surface area contributed by atoms with Gasteiger partial charge in [0.05, 0.1) is 6.04 Å². The van der Waals surface area contributed by atoms with Gasteiger partial charge in [0, 0.05) is 4.88 Å². The molecule has 0 fully saturated rings. The fraction of sp³-hybridized carbons (Fsp3) is 0.214. The van der Waals surface area contributed by atoms with E-state index in [1.54, 1.807) is 23.5 Å². The van der Waals surface area contributed by atoms with Gasteiger partial charge in [0.1, 0.15) is 0 Å². The van der Waals surface area contributed by atoms with Crippen molar-refractivity contribution in [3.05, 3.63) is 52.5 Å². The lowest BCUT2D eigenvalue weighted by Gasteiger charge is -2.13. The van der Waals surface area contributed by atoms with Crippen LogP contribution >= 0.6 is 11.3 Å². The fourth-order valence-electron chi connectivity index (χ4n) is 1.60. The van der Waals surface area contributed by atoms with Gasteiger partial charge in [0.2, 0.25) is 0 Å². The molecule has 2 rings (SSSR count). The predicted molar refractivity (Wildman–Crippen MR) is 72.8 cm³/mol. The number of carbonyl (C=O) groups is 1. The maximum atomic E-state index is 13.3. The van der Waals surface area contributed by atoms with Crippen LogP contribution in [0.4, 0.5) is 4.39 Å². The minimum atomic E-state index is -0.471. The van der Waals surface area contributed by atoms with Crippen molar-refractivity contribution in [2.24, 2.45) is 0 Å². The quantitative estimate of drug-likeness (QED) is 0.913. The molecule has 1 heterocycles. The molecule has 0 radical (unpaired) electrons. The largest absolute Gasteiger partial charge is 0.481 e. The van der Waals surface area contributed by atoms with Crippen molar-refractivity contribution < 1.29 is 13.9 Å². The molecule has 3 nitrogen and oxygen atoms in total. The number of hydrogen-bond acceptors (Lipinski definition) is 3. The fourth-order valence-corrected chi connectivity index (χ4v) is 2.33. The zero-order valence-electron chi connectivity index (χ0n) is 10.4. The van der Waals surface area contributed by atoms with Crippen molar-refractivity contribution >= 4 is 17.2 Å². The van der Waals surface area contributed by atoms with Gasteiger partial charge in [-0.05, 0) is 30.5 Å². The highest BCUT2D eigenvalue weighted by Gasteiger charge is 2.11. The average Bonchev–Trinajstić information content (AvgIpc) is 2.91. The second-order valence-corrected chi connectivity index (χ2v) is 5.00. The van der Waals surface area contributed by atoms with Gasteiger partial charge in [0.25, 0.3) is 5.91 Å². The van der Waals surface area contributed by atoms with E-state index in [0.717, 1.165) is 4.88 Å². The zero-order chi connectivity index (χ0) is 13.7. The Hall–Kier alpha value is -1.88. The van der Waals surface area contributed by atoms with E-state index in [1.807, 2.05) is 24.4 Å². The van der Waals surface area contributed by atoms with Gasteiger partial charge in [-0.15, -0.1) is 11.3 Å². The van der Waals surface area contributed by atoms with Crippen molar-refractivity contribution in [2.45, 2.75) is 13.0 Å². The zero-order valence-corrected chi connectivity index (χ0v) is 11.2. The Labute approximate surface area is 115 Å². The molecule has 1 amide bonds. The van der Waals surface area contributed by atoms with E-state index in [-0.39, 0.29) is 24.3 Å². The van der Waals surface area contributed by atoms with Gasteiger partial charge in [-0.25, -0.2) is 4.39 Å². The van der Waals surface area contributed by atoms with Gasteiger partial charge in [-0.3, -0.25) is 4.79 Å². The van der Waals surface area contributed by atoms with Crippen LogP contribution in [0.5, 0.6) is 5.75 Å². The van der Waals surface area contributed by atoms with Crippen LogP contribution in [0.25, 0.3) is 0 Å². The summed E-state index contributed by atoms with van der Waals surface area (Å²) < 4.78 is 18.4. The Bertz CT molecular complexity index is 542. The van der Waals surface area contributed by atoms with E-state index < -0.39 is 5.82 Å². The van der Waals surface area contributed by atoms with E-state index in [1.165, 1.54) is 12.1 Å². The van der Waals surface area contributed by atoms with E-state index >= 15 is 0 Å². The lowest BCUT2D eigenvalue weighted by atomic mass is 10.3. The molecule has 0 aliphatic heterocycles. The number of thiophene rings is 1. The Balaban J connectivity index is 1.84. The first-order chi connectivity index (χ1) is 9.16. The first kappa shape index (κ1) is 13.5. The summed E-state index contributed by atoms with van der Waals surface area (Å²) in [5.74, 6) is -0.660. The van der Waals surface area contributed by atoms with Crippen LogP contribution in [0.15, 0.2) is 41.8 Å². The standard InChI is InChI=1S/C14H14FNO2S/c1-10(13-7-4-8-19-13)16-14(17)9-18-12-6-3-2-5-11(12)15/h2-8,10H,9H2,1H3,(H,16,17)/t10-/m1/s1. The van der Waals surface area contributed by atoms with Crippen molar-refractivity contribution in [3.63, 3.8) is 0 Å². The molecule has 0 aliphatic rings. The van der Waals surface area contributed by atoms with Gasteiger partial charge in [0.15, 0.2) is 18.2 Å². The minimum absolute atomic E-state index is 0.0725. The molecule has 0 aliphatic carbocycles. The highest BCUT2D eigenvalue weighted by atomic mass is 32.1. The Morgan fingerprint density at radius 2 is 2.16 bits per heavy atom. The van der Waals surface area contributed by atoms with Crippen LogP contribution in [0, 0.1) is 5.82 Å². The van der Waals surface area contributed by atoms with Crippen LogP contribution in [-0.2, 0) is 4.79 Å². The van der Waals surface area contributed by atoms with Crippen LogP contribution < -0.4 is 10.1 Å². The third-order valence-electron chi connectivity index (χ3n) is 2.54. The van der Waals surface area contributed by atoms with Crippen molar-refractivity contribution in [3.8, 4) is 5.75 Å². The number of rotatable bonds is 5. The second-order valence-electron chi connectivity index (χ2n) is 4.02. The third-order valence-corrected chi connectivity index (χ3v) is 3.60. The molecule has 100 valence electrons. The summed E-state index contributed by atoms with van der Waals surface area (Å²) in [6.45, 7) is 1.70. The Morgan fingerprint density at radius 1 is 1.37 bits per heavy atom. The molecule has 1 aromatic heterocycles. The summed E-state index contributed by atoms with van der Waals surface area (Å²) in [5, 5.41) is 4.75. The first-order valence-electron chi connectivity index (χ1n) is 5.87.